The van der Waals surface area contributed by atoms with Gasteiger partial charge in [0.1, 0.15) is 11.5 Å². The van der Waals surface area contributed by atoms with E-state index in [2.05, 4.69) is 13.8 Å². The Morgan fingerprint density at radius 1 is 0.704 bits per heavy atom. The maximum absolute atomic E-state index is 9.86. The lowest BCUT2D eigenvalue weighted by Gasteiger charge is -2.13. The smallest absolute Gasteiger partial charge is 0.314 e. The molecule has 0 aliphatic rings. The molecule has 0 radical (unpaired) electrons. The molecule has 1 atom stereocenters. The normalized spacial score (nSPS) is 11.5. The molecule has 1 unspecified atom stereocenters. The fourth-order valence-electron chi connectivity index (χ4n) is 2.58. The zero-order chi connectivity index (χ0) is 20.8. The number of aliphatic hydroxyl groups excluding tert-OH is 1. The second kappa shape index (κ2) is 23.6. The van der Waals surface area contributed by atoms with E-state index in [0.717, 1.165) is 21.6 Å². The molecule has 0 fully saturated rings. The number of carboxylic acids is 2. The third-order valence-corrected chi connectivity index (χ3v) is 6.24. The number of aliphatic hydroxyl groups is 1. The van der Waals surface area contributed by atoms with Crippen LogP contribution < -0.4 is 0 Å². The van der Waals surface area contributed by atoms with Gasteiger partial charge in [0.25, 0.3) is 0 Å². The fraction of sp³-hybridized carbons (Fsp3) is 0.900. The first-order valence-electron chi connectivity index (χ1n) is 10.3. The Morgan fingerprint density at radius 2 is 1.07 bits per heavy atom. The van der Waals surface area contributed by atoms with Crippen molar-refractivity contribution in [2.75, 3.05) is 18.1 Å². The molecule has 0 aromatic heterocycles. The highest BCUT2D eigenvalue weighted by molar-refractivity contribution is 8.77. The number of hydrogen-bond acceptors (Lipinski definition) is 5. The second-order valence-corrected chi connectivity index (χ2v) is 9.23. The van der Waals surface area contributed by atoms with Gasteiger partial charge < -0.3 is 15.3 Å². The molecule has 5 nitrogen and oxygen atoms in total. The molecular weight excluding hydrogens is 384 g/mol. The van der Waals surface area contributed by atoms with E-state index in [1.54, 1.807) is 0 Å². The number of carboxylic acid groups (broad SMARTS) is 2. The van der Waals surface area contributed by atoms with Crippen molar-refractivity contribution in [3.8, 4) is 0 Å². The third-order valence-electron chi connectivity index (χ3n) is 4.14. The number of rotatable bonds is 18. The Hall–Kier alpha value is -0.400. The number of aliphatic carboxylic acids is 2. The minimum atomic E-state index is -0.928. The van der Waals surface area contributed by atoms with Gasteiger partial charge in [0.2, 0.25) is 0 Å². The maximum atomic E-state index is 9.86. The minimum absolute atomic E-state index is 0.0576. The van der Waals surface area contributed by atoms with Gasteiger partial charge in [0.05, 0.1) is 0 Å². The van der Waals surface area contributed by atoms with Crippen LogP contribution in [0.3, 0.4) is 0 Å². The Kier molecular flexibility index (Phi) is 25.2. The lowest BCUT2D eigenvalue weighted by molar-refractivity contribution is -0.135. The molecule has 0 amide bonds. The molecule has 0 aromatic carbocycles. The summed E-state index contributed by atoms with van der Waals surface area (Å²) in [6.07, 6.45) is 16.0. The molecule has 0 bridgehead atoms. The standard InChI is InChI=1S/C16H34O.C4H6O4S2/c1-3-5-7-9-10-12-14-16(15-17)13-11-8-6-4-2;5-3(6)1-9-10-2-4(7)8/h16-17H,3-15H2,1-2H3;1-2H2,(H,5,6)(H,7,8). The van der Waals surface area contributed by atoms with Crippen LogP contribution in [0.4, 0.5) is 0 Å². The van der Waals surface area contributed by atoms with Gasteiger partial charge in [0.15, 0.2) is 0 Å². The average molecular weight is 425 g/mol. The van der Waals surface area contributed by atoms with E-state index >= 15 is 0 Å². The zero-order valence-electron chi connectivity index (χ0n) is 17.2. The van der Waals surface area contributed by atoms with E-state index in [1.165, 1.54) is 77.0 Å². The molecule has 0 saturated carbocycles. The Bertz CT molecular complexity index is 324. The predicted octanol–water partition coefficient (Wildman–Crippen LogP) is 5.85. The minimum Gasteiger partial charge on any atom is -0.481 e. The third kappa shape index (κ3) is 27.9. The highest BCUT2D eigenvalue weighted by atomic mass is 33.1. The first-order chi connectivity index (χ1) is 13.0. The molecule has 0 spiro atoms. The average Bonchev–Trinajstić information content (AvgIpc) is 2.63. The van der Waals surface area contributed by atoms with Crippen molar-refractivity contribution in [1.29, 1.82) is 0 Å². The van der Waals surface area contributed by atoms with Gasteiger partial charge in [-0.1, -0.05) is 99.6 Å². The number of hydrogen-bond donors (Lipinski definition) is 3. The molecule has 162 valence electrons. The number of carbonyl (C=O) groups is 2. The monoisotopic (exact) mass is 424 g/mol. The molecule has 0 aliphatic carbocycles. The molecule has 27 heavy (non-hydrogen) atoms. The van der Waals surface area contributed by atoms with Crippen LogP contribution in [0, 0.1) is 5.92 Å². The van der Waals surface area contributed by atoms with Gasteiger partial charge in [-0.3, -0.25) is 9.59 Å². The number of unbranched alkanes of at least 4 members (excludes halogenated alkanes) is 8. The van der Waals surface area contributed by atoms with E-state index in [4.69, 9.17) is 10.2 Å². The van der Waals surface area contributed by atoms with E-state index in [9.17, 15) is 14.7 Å². The zero-order valence-corrected chi connectivity index (χ0v) is 18.8. The lowest BCUT2D eigenvalue weighted by Crippen LogP contribution is -2.06. The second-order valence-electron chi connectivity index (χ2n) is 6.77. The van der Waals surface area contributed by atoms with Gasteiger partial charge in [0, 0.05) is 6.61 Å². The van der Waals surface area contributed by atoms with Crippen molar-refractivity contribution in [3.63, 3.8) is 0 Å². The van der Waals surface area contributed by atoms with Crippen molar-refractivity contribution < 1.29 is 24.9 Å². The van der Waals surface area contributed by atoms with Crippen LogP contribution in [0.1, 0.15) is 90.9 Å². The molecule has 0 saturated heterocycles. The van der Waals surface area contributed by atoms with E-state index < -0.39 is 11.9 Å². The molecule has 0 aliphatic heterocycles. The Labute approximate surface area is 173 Å². The molecule has 3 N–H and O–H groups in total. The summed E-state index contributed by atoms with van der Waals surface area (Å²) < 4.78 is 0. The molecule has 7 heteroatoms. The van der Waals surface area contributed by atoms with Crippen molar-refractivity contribution in [1.82, 2.24) is 0 Å². The van der Waals surface area contributed by atoms with Crippen LogP contribution in [-0.4, -0.2) is 45.4 Å². The summed E-state index contributed by atoms with van der Waals surface area (Å²) in [4.78, 5) is 19.7. The van der Waals surface area contributed by atoms with Gasteiger partial charge in [-0.15, -0.1) is 0 Å². The van der Waals surface area contributed by atoms with Gasteiger partial charge in [-0.25, -0.2) is 0 Å². The Morgan fingerprint density at radius 3 is 1.44 bits per heavy atom. The molecule has 0 rings (SSSR count). The Balaban J connectivity index is 0. The summed E-state index contributed by atoms with van der Waals surface area (Å²) in [6, 6.07) is 0. The molecular formula is C20H40O5S2. The summed E-state index contributed by atoms with van der Waals surface area (Å²) in [7, 11) is 2.05. The van der Waals surface area contributed by atoms with Crippen LogP contribution in [0.5, 0.6) is 0 Å². The van der Waals surface area contributed by atoms with Crippen LogP contribution in [0.15, 0.2) is 0 Å². The summed E-state index contributed by atoms with van der Waals surface area (Å²) in [5, 5.41) is 25.5. The van der Waals surface area contributed by atoms with Crippen molar-refractivity contribution in [2.45, 2.75) is 90.9 Å². The van der Waals surface area contributed by atoms with Gasteiger partial charge in [-0.2, -0.15) is 0 Å². The van der Waals surface area contributed by atoms with Crippen LogP contribution in [0.25, 0.3) is 0 Å². The quantitative estimate of drug-likeness (QED) is 0.187. The van der Waals surface area contributed by atoms with Crippen LogP contribution in [-0.2, 0) is 9.59 Å². The van der Waals surface area contributed by atoms with E-state index in [1.807, 2.05) is 0 Å². The molecule has 0 heterocycles. The van der Waals surface area contributed by atoms with Crippen molar-refractivity contribution in [3.05, 3.63) is 0 Å². The largest absolute Gasteiger partial charge is 0.481 e. The summed E-state index contributed by atoms with van der Waals surface area (Å²) in [5.74, 6) is -1.39. The lowest BCUT2D eigenvalue weighted by atomic mass is 9.95. The fourth-order valence-corrected chi connectivity index (χ4v) is 4.06. The van der Waals surface area contributed by atoms with Crippen LogP contribution in [0.2, 0.25) is 0 Å². The highest BCUT2D eigenvalue weighted by Crippen LogP contribution is 2.20. The summed E-state index contributed by atoms with van der Waals surface area (Å²) in [5.41, 5.74) is 0. The summed E-state index contributed by atoms with van der Waals surface area (Å²) >= 11 is 0. The molecule has 0 aromatic rings. The SMILES string of the molecule is CCCCCCCCC(CO)CCCCCC.O=C(O)CSSCC(=O)O. The highest BCUT2D eigenvalue weighted by Gasteiger charge is 2.06. The maximum Gasteiger partial charge on any atom is 0.314 e. The van der Waals surface area contributed by atoms with Crippen LogP contribution >= 0.6 is 21.6 Å². The van der Waals surface area contributed by atoms with Crippen molar-refractivity contribution in [2.24, 2.45) is 5.92 Å². The van der Waals surface area contributed by atoms with E-state index in [-0.39, 0.29) is 11.5 Å². The predicted molar refractivity (Wildman–Crippen MR) is 118 cm³/mol. The van der Waals surface area contributed by atoms with Gasteiger partial charge >= 0.3 is 11.9 Å². The topological polar surface area (TPSA) is 94.8 Å². The van der Waals surface area contributed by atoms with Gasteiger partial charge in [-0.05, 0) is 18.8 Å². The first-order valence-corrected chi connectivity index (χ1v) is 12.7. The summed E-state index contributed by atoms with van der Waals surface area (Å²) in [6.45, 7) is 4.92. The first kappa shape index (κ1) is 28.8. The van der Waals surface area contributed by atoms with Crippen molar-refractivity contribution >= 4 is 33.5 Å². The van der Waals surface area contributed by atoms with E-state index in [0.29, 0.717) is 12.5 Å².